The molecule has 8 heteroatoms. The summed E-state index contributed by atoms with van der Waals surface area (Å²) in [5, 5.41) is 0. The number of hydrogen-bond donors (Lipinski definition) is 0. The van der Waals surface area contributed by atoms with Crippen LogP contribution in [-0.2, 0) is 19.6 Å². The number of amides is 1. The van der Waals surface area contributed by atoms with Crippen LogP contribution in [0.1, 0.15) is 21.5 Å². The lowest BCUT2D eigenvalue weighted by atomic mass is 10.2. The van der Waals surface area contributed by atoms with Gasteiger partial charge in [0.25, 0.3) is 5.91 Å². The molecule has 2 rings (SSSR count). The maximum atomic E-state index is 12.8. The van der Waals surface area contributed by atoms with E-state index in [0.29, 0.717) is 5.56 Å². The number of para-hydroxylation sites is 1. The van der Waals surface area contributed by atoms with E-state index in [4.69, 9.17) is 8.92 Å². The van der Waals surface area contributed by atoms with Gasteiger partial charge in [0.2, 0.25) is 0 Å². The van der Waals surface area contributed by atoms with E-state index in [1.807, 2.05) is 0 Å². The lowest BCUT2D eigenvalue weighted by molar-refractivity contribution is -0.133. The molecular formula is C23H25NO6S. The molecule has 1 amide bonds. The van der Waals surface area contributed by atoms with E-state index in [2.05, 4.69) is 13.2 Å². The molecule has 0 aromatic heterocycles. The Morgan fingerprint density at radius 3 is 2.32 bits per heavy atom. The Hall–Kier alpha value is -3.39. The van der Waals surface area contributed by atoms with Crippen LogP contribution in [0.3, 0.4) is 0 Å². The van der Waals surface area contributed by atoms with Gasteiger partial charge in [-0.05, 0) is 43.2 Å². The van der Waals surface area contributed by atoms with Gasteiger partial charge in [0.1, 0.15) is 10.5 Å². The molecule has 0 unspecified atom stereocenters. The highest BCUT2D eigenvalue weighted by Crippen LogP contribution is 2.26. The quantitative estimate of drug-likeness (QED) is 0.318. The van der Waals surface area contributed by atoms with Crippen molar-refractivity contribution < 1.29 is 26.9 Å². The van der Waals surface area contributed by atoms with Crippen LogP contribution in [0.5, 0.6) is 5.75 Å². The Morgan fingerprint density at radius 2 is 1.68 bits per heavy atom. The summed E-state index contributed by atoms with van der Waals surface area (Å²) < 4.78 is 35.9. The molecule has 164 valence electrons. The Kier molecular flexibility index (Phi) is 8.15. The maximum Gasteiger partial charge on any atom is 0.342 e. The second kappa shape index (κ2) is 10.6. The largest absolute Gasteiger partial charge is 0.452 e. The number of esters is 1. The molecule has 0 saturated heterocycles. The zero-order valence-corrected chi connectivity index (χ0v) is 18.4. The first-order chi connectivity index (χ1) is 14.7. The number of carbonyl (C=O) groups is 2. The molecule has 2 aromatic rings. The van der Waals surface area contributed by atoms with E-state index in [0.717, 1.165) is 5.56 Å². The van der Waals surface area contributed by atoms with Crippen molar-refractivity contribution in [2.24, 2.45) is 0 Å². The Labute approximate surface area is 182 Å². The van der Waals surface area contributed by atoms with Crippen molar-refractivity contribution in [1.82, 2.24) is 4.90 Å². The molecule has 0 radical (unpaired) electrons. The van der Waals surface area contributed by atoms with E-state index >= 15 is 0 Å². The Balaban J connectivity index is 2.20. The topological polar surface area (TPSA) is 90.0 Å². The summed E-state index contributed by atoms with van der Waals surface area (Å²) in [6.45, 7) is 10.6. The zero-order valence-electron chi connectivity index (χ0n) is 17.5. The van der Waals surface area contributed by atoms with E-state index in [1.165, 1.54) is 35.2 Å². The summed E-state index contributed by atoms with van der Waals surface area (Å²) in [4.78, 5) is 26.2. The van der Waals surface area contributed by atoms with Gasteiger partial charge in [-0.25, -0.2) is 4.79 Å². The van der Waals surface area contributed by atoms with Crippen molar-refractivity contribution in [2.45, 2.75) is 18.7 Å². The molecule has 0 aliphatic rings. The molecule has 31 heavy (non-hydrogen) atoms. The summed E-state index contributed by atoms with van der Waals surface area (Å²) in [6.07, 6.45) is 3.09. The highest BCUT2D eigenvalue weighted by atomic mass is 32.2. The highest BCUT2D eigenvalue weighted by molar-refractivity contribution is 7.87. The maximum absolute atomic E-state index is 12.8. The average Bonchev–Trinajstić information content (AvgIpc) is 2.73. The van der Waals surface area contributed by atoms with Crippen LogP contribution in [0.25, 0.3) is 0 Å². The standard InChI is InChI=1S/C23H25NO6S/c1-5-13-24(14-6-2)22(25)16-29-23(26)19-9-7-8-10-20(19)30-31(27,28)21-15-17(3)11-12-18(21)4/h5-12,15H,1-2,13-14,16H2,3-4H3. The molecule has 0 saturated carbocycles. The fourth-order valence-corrected chi connectivity index (χ4v) is 4.00. The van der Waals surface area contributed by atoms with Crippen molar-refractivity contribution in [3.8, 4) is 5.75 Å². The van der Waals surface area contributed by atoms with Gasteiger partial charge in [0, 0.05) is 13.1 Å². The second-order valence-corrected chi connectivity index (χ2v) is 8.27. The number of aryl methyl sites for hydroxylation is 2. The van der Waals surface area contributed by atoms with E-state index < -0.39 is 28.6 Å². The third-order valence-electron chi connectivity index (χ3n) is 4.30. The molecule has 0 spiro atoms. The average molecular weight is 444 g/mol. The van der Waals surface area contributed by atoms with Gasteiger partial charge < -0.3 is 13.8 Å². The third-order valence-corrected chi connectivity index (χ3v) is 5.68. The lowest BCUT2D eigenvalue weighted by Gasteiger charge is -2.19. The number of benzene rings is 2. The fraction of sp³-hybridized carbons (Fsp3) is 0.217. The van der Waals surface area contributed by atoms with Gasteiger partial charge in [-0.2, -0.15) is 8.42 Å². The van der Waals surface area contributed by atoms with E-state index in [-0.39, 0.29) is 29.3 Å². The molecule has 7 nitrogen and oxygen atoms in total. The zero-order chi connectivity index (χ0) is 23.0. The van der Waals surface area contributed by atoms with Crippen molar-refractivity contribution in [3.63, 3.8) is 0 Å². The first-order valence-electron chi connectivity index (χ1n) is 9.47. The van der Waals surface area contributed by atoms with Crippen LogP contribution in [0.4, 0.5) is 0 Å². The minimum absolute atomic E-state index is 0.00957. The third kappa shape index (κ3) is 6.29. The van der Waals surface area contributed by atoms with Crippen molar-refractivity contribution >= 4 is 22.0 Å². The number of hydrogen-bond acceptors (Lipinski definition) is 6. The van der Waals surface area contributed by atoms with Crippen LogP contribution < -0.4 is 4.18 Å². The summed E-state index contributed by atoms with van der Waals surface area (Å²) in [5.74, 6) is -1.50. The molecule has 0 heterocycles. The predicted molar refractivity (Wildman–Crippen MR) is 117 cm³/mol. The highest BCUT2D eigenvalue weighted by Gasteiger charge is 2.24. The fourth-order valence-electron chi connectivity index (χ4n) is 2.73. The van der Waals surface area contributed by atoms with Gasteiger partial charge >= 0.3 is 16.1 Å². The molecule has 0 N–H and O–H groups in total. The summed E-state index contributed by atoms with van der Waals surface area (Å²) in [5.41, 5.74) is 1.16. The molecular weight excluding hydrogens is 418 g/mol. The van der Waals surface area contributed by atoms with Gasteiger partial charge in [0.05, 0.1) is 0 Å². The van der Waals surface area contributed by atoms with Gasteiger partial charge in [0.15, 0.2) is 12.4 Å². The normalized spacial score (nSPS) is 10.8. The number of carbonyl (C=O) groups excluding carboxylic acids is 2. The SMILES string of the molecule is C=CCN(CC=C)C(=O)COC(=O)c1ccccc1OS(=O)(=O)c1cc(C)ccc1C. The smallest absolute Gasteiger partial charge is 0.342 e. The van der Waals surface area contributed by atoms with Crippen LogP contribution in [0, 0.1) is 13.8 Å². The summed E-state index contributed by atoms with van der Waals surface area (Å²) in [6, 6.07) is 10.8. The molecule has 0 fully saturated rings. The number of rotatable bonds is 10. The van der Waals surface area contributed by atoms with Gasteiger partial charge in [-0.3, -0.25) is 4.79 Å². The van der Waals surface area contributed by atoms with Gasteiger partial charge in [-0.15, -0.1) is 13.2 Å². The van der Waals surface area contributed by atoms with Crippen molar-refractivity contribution in [1.29, 1.82) is 0 Å². The van der Waals surface area contributed by atoms with Crippen LogP contribution in [0.2, 0.25) is 0 Å². The van der Waals surface area contributed by atoms with Crippen LogP contribution in [0.15, 0.2) is 72.7 Å². The van der Waals surface area contributed by atoms with E-state index in [9.17, 15) is 18.0 Å². The summed E-state index contributed by atoms with van der Waals surface area (Å²) >= 11 is 0. The molecule has 2 aromatic carbocycles. The Bertz CT molecular complexity index is 1080. The van der Waals surface area contributed by atoms with Crippen molar-refractivity contribution in [2.75, 3.05) is 19.7 Å². The molecule has 0 atom stereocenters. The second-order valence-electron chi connectivity index (χ2n) is 6.75. The molecule has 0 bridgehead atoms. The summed E-state index contributed by atoms with van der Waals surface area (Å²) in [7, 11) is -4.19. The molecule has 0 aliphatic carbocycles. The number of nitrogens with zero attached hydrogens (tertiary/aromatic N) is 1. The van der Waals surface area contributed by atoms with Crippen molar-refractivity contribution in [3.05, 3.63) is 84.5 Å². The predicted octanol–water partition coefficient (Wildman–Crippen LogP) is 3.43. The number of ether oxygens (including phenoxy) is 1. The minimum Gasteiger partial charge on any atom is -0.452 e. The van der Waals surface area contributed by atoms with Gasteiger partial charge in [-0.1, -0.05) is 36.4 Å². The molecule has 0 aliphatic heterocycles. The Morgan fingerprint density at radius 1 is 1.03 bits per heavy atom. The lowest BCUT2D eigenvalue weighted by Crippen LogP contribution is -2.35. The monoisotopic (exact) mass is 443 g/mol. The first-order valence-corrected chi connectivity index (χ1v) is 10.9. The van der Waals surface area contributed by atoms with Crippen LogP contribution in [-0.4, -0.2) is 44.9 Å². The van der Waals surface area contributed by atoms with Crippen LogP contribution >= 0.6 is 0 Å². The first kappa shape index (κ1) is 23.9. The van der Waals surface area contributed by atoms with E-state index in [1.54, 1.807) is 38.1 Å². The minimum atomic E-state index is -4.19.